The van der Waals surface area contributed by atoms with E-state index < -0.39 is 11.6 Å². The predicted octanol–water partition coefficient (Wildman–Crippen LogP) is 3.21. The van der Waals surface area contributed by atoms with Crippen molar-refractivity contribution in [1.29, 1.82) is 0 Å². The van der Waals surface area contributed by atoms with Gasteiger partial charge in [0.25, 0.3) is 5.91 Å². The Kier molecular flexibility index (Phi) is 4.66. The summed E-state index contributed by atoms with van der Waals surface area (Å²) in [6.07, 6.45) is 1.61. The van der Waals surface area contributed by atoms with Crippen LogP contribution in [0.1, 0.15) is 40.7 Å². The van der Waals surface area contributed by atoms with Crippen molar-refractivity contribution in [3.63, 3.8) is 0 Å². The van der Waals surface area contributed by atoms with E-state index in [9.17, 15) is 23.2 Å². The minimum Gasteiger partial charge on any atom is -0.305 e. The number of nitrogens with zero attached hydrogens (tertiary/aromatic N) is 2. The number of carbonyl (C=O) groups is 3. The lowest BCUT2D eigenvalue weighted by molar-refractivity contribution is -0.139. The van der Waals surface area contributed by atoms with Crippen molar-refractivity contribution < 1.29 is 23.2 Å². The molecule has 0 spiro atoms. The third-order valence-corrected chi connectivity index (χ3v) is 5.15. The van der Waals surface area contributed by atoms with Crippen molar-refractivity contribution in [2.24, 2.45) is 0 Å². The Hall–Kier alpha value is -3.09. The summed E-state index contributed by atoms with van der Waals surface area (Å²) in [5, 5.41) is 0. The lowest BCUT2D eigenvalue weighted by Crippen LogP contribution is -2.36. The number of imide groups is 1. The van der Waals surface area contributed by atoms with E-state index in [1.807, 2.05) is 0 Å². The van der Waals surface area contributed by atoms with Crippen LogP contribution in [0.4, 0.5) is 14.5 Å². The first-order valence-corrected chi connectivity index (χ1v) is 9.16. The molecule has 2 aliphatic rings. The first-order valence-electron chi connectivity index (χ1n) is 9.16. The van der Waals surface area contributed by atoms with Crippen LogP contribution in [0.2, 0.25) is 0 Å². The predicted molar refractivity (Wildman–Crippen MR) is 97.6 cm³/mol. The number of anilines is 1. The second-order valence-corrected chi connectivity index (χ2v) is 7.03. The van der Waals surface area contributed by atoms with E-state index >= 15 is 0 Å². The number of hydrogen-bond donors (Lipinski definition) is 0. The Balaban J connectivity index is 1.55. The maximum atomic E-state index is 14.3. The maximum Gasteiger partial charge on any atom is 0.258 e. The second kappa shape index (κ2) is 7.14. The van der Waals surface area contributed by atoms with Gasteiger partial charge in [0.15, 0.2) is 0 Å². The van der Waals surface area contributed by atoms with E-state index in [2.05, 4.69) is 0 Å². The number of amides is 3. The van der Waals surface area contributed by atoms with E-state index in [0.29, 0.717) is 30.5 Å². The molecule has 7 heteroatoms. The van der Waals surface area contributed by atoms with Crippen LogP contribution in [-0.4, -0.2) is 29.2 Å². The molecule has 0 saturated carbocycles. The largest absolute Gasteiger partial charge is 0.305 e. The Morgan fingerprint density at radius 2 is 1.64 bits per heavy atom. The zero-order valence-electron chi connectivity index (χ0n) is 15.1. The molecule has 0 radical (unpaired) electrons. The number of fused-ring (bicyclic) bond motifs is 1. The third kappa shape index (κ3) is 3.28. The van der Waals surface area contributed by atoms with Gasteiger partial charge in [0.05, 0.1) is 12.2 Å². The van der Waals surface area contributed by atoms with Gasteiger partial charge in [-0.2, -0.15) is 0 Å². The van der Waals surface area contributed by atoms with Gasteiger partial charge in [-0.1, -0.05) is 12.1 Å². The SMILES string of the molecule is O=C1CCC(=O)N1Cc1ccc(C(=O)N2CCCc3cc(F)cc(F)c32)cc1. The van der Waals surface area contributed by atoms with Crippen LogP contribution < -0.4 is 4.90 Å². The molecule has 28 heavy (non-hydrogen) atoms. The summed E-state index contributed by atoms with van der Waals surface area (Å²) in [4.78, 5) is 38.9. The highest BCUT2D eigenvalue weighted by molar-refractivity contribution is 6.07. The Morgan fingerprint density at radius 1 is 0.964 bits per heavy atom. The number of likely N-dealkylation sites (tertiary alicyclic amines) is 1. The fourth-order valence-electron chi connectivity index (χ4n) is 3.74. The normalized spacial score (nSPS) is 16.5. The highest BCUT2D eigenvalue weighted by Crippen LogP contribution is 2.32. The van der Waals surface area contributed by atoms with Gasteiger partial charge in [0.2, 0.25) is 11.8 Å². The molecule has 2 aromatic rings. The maximum absolute atomic E-state index is 14.3. The lowest BCUT2D eigenvalue weighted by atomic mass is 10.00. The molecule has 0 atom stereocenters. The number of carbonyl (C=O) groups excluding carboxylic acids is 3. The summed E-state index contributed by atoms with van der Waals surface area (Å²) >= 11 is 0. The average molecular weight is 384 g/mol. The molecule has 0 aliphatic carbocycles. The quantitative estimate of drug-likeness (QED) is 0.764. The molecule has 0 N–H and O–H groups in total. The molecule has 3 amide bonds. The van der Waals surface area contributed by atoms with E-state index in [-0.39, 0.29) is 42.8 Å². The first kappa shape index (κ1) is 18.3. The molecule has 0 bridgehead atoms. The number of rotatable bonds is 3. The third-order valence-electron chi connectivity index (χ3n) is 5.15. The standard InChI is InChI=1S/C21H18F2N2O3/c22-16-10-15-2-1-9-24(20(15)17(23)11-16)21(28)14-5-3-13(4-6-14)12-25-18(26)7-8-19(25)27/h3-6,10-11H,1-2,7-9,12H2. The highest BCUT2D eigenvalue weighted by atomic mass is 19.1. The minimum absolute atomic E-state index is 0.134. The first-order chi connectivity index (χ1) is 13.4. The van der Waals surface area contributed by atoms with Gasteiger partial charge in [0.1, 0.15) is 11.6 Å². The van der Waals surface area contributed by atoms with Crippen molar-refractivity contribution in [3.8, 4) is 0 Å². The van der Waals surface area contributed by atoms with Crippen LogP contribution in [0, 0.1) is 11.6 Å². The van der Waals surface area contributed by atoms with Gasteiger partial charge >= 0.3 is 0 Å². The van der Waals surface area contributed by atoms with Crippen molar-refractivity contribution >= 4 is 23.4 Å². The van der Waals surface area contributed by atoms with Gasteiger partial charge in [-0.05, 0) is 42.2 Å². The van der Waals surface area contributed by atoms with Gasteiger partial charge in [-0.25, -0.2) is 8.78 Å². The molecule has 4 rings (SSSR count). The van der Waals surface area contributed by atoms with Crippen LogP contribution in [0.5, 0.6) is 0 Å². The Bertz CT molecular complexity index is 956. The summed E-state index contributed by atoms with van der Waals surface area (Å²) in [7, 11) is 0. The van der Waals surface area contributed by atoms with Crippen molar-refractivity contribution in [1.82, 2.24) is 4.90 Å². The monoisotopic (exact) mass is 384 g/mol. The van der Waals surface area contributed by atoms with Gasteiger partial charge in [-0.3, -0.25) is 19.3 Å². The molecular formula is C21H18F2N2O3. The zero-order chi connectivity index (χ0) is 19.8. The van der Waals surface area contributed by atoms with E-state index in [1.54, 1.807) is 24.3 Å². The van der Waals surface area contributed by atoms with E-state index in [1.165, 1.54) is 15.9 Å². The molecule has 0 aromatic heterocycles. The smallest absolute Gasteiger partial charge is 0.258 e. The average Bonchev–Trinajstić information content (AvgIpc) is 2.99. The fraction of sp³-hybridized carbons (Fsp3) is 0.286. The topological polar surface area (TPSA) is 57.7 Å². The van der Waals surface area contributed by atoms with Gasteiger partial charge in [0, 0.05) is 31.0 Å². The number of halogens is 2. The van der Waals surface area contributed by atoms with Gasteiger partial charge < -0.3 is 4.90 Å². The minimum atomic E-state index is -0.745. The number of hydrogen-bond acceptors (Lipinski definition) is 3. The molecule has 1 fully saturated rings. The van der Waals surface area contributed by atoms with E-state index in [4.69, 9.17) is 0 Å². The fourth-order valence-corrected chi connectivity index (χ4v) is 3.74. The number of aryl methyl sites for hydroxylation is 1. The summed E-state index contributed by atoms with van der Waals surface area (Å²) in [6.45, 7) is 0.527. The summed E-state index contributed by atoms with van der Waals surface area (Å²) < 4.78 is 27.8. The molecular weight excluding hydrogens is 366 g/mol. The van der Waals surface area contributed by atoms with Crippen LogP contribution in [0.15, 0.2) is 36.4 Å². The summed E-state index contributed by atoms with van der Waals surface area (Å²) in [5.74, 6) is -2.16. The summed E-state index contributed by atoms with van der Waals surface area (Å²) in [5.41, 5.74) is 1.71. The molecule has 1 saturated heterocycles. The van der Waals surface area contributed by atoms with Crippen LogP contribution in [0.3, 0.4) is 0 Å². The molecule has 0 unspecified atom stereocenters. The van der Waals surface area contributed by atoms with Crippen molar-refractivity contribution in [2.75, 3.05) is 11.4 Å². The molecule has 2 aromatic carbocycles. The van der Waals surface area contributed by atoms with Crippen molar-refractivity contribution in [3.05, 3.63) is 64.7 Å². The Labute approximate surface area is 160 Å². The molecule has 5 nitrogen and oxygen atoms in total. The van der Waals surface area contributed by atoms with Crippen molar-refractivity contribution in [2.45, 2.75) is 32.2 Å². The van der Waals surface area contributed by atoms with Gasteiger partial charge in [-0.15, -0.1) is 0 Å². The molecule has 2 aliphatic heterocycles. The lowest BCUT2D eigenvalue weighted by Gasteiger charge is -2.30. The highest BCUT2D eigenvalue weighted by Gasteiger charge is 2.29. The van der Waals surface area contributed by atoms with Crippen LogP contribution in [-0.2, 0) is 22.6 Å². The van der Waals surface area contributed by atoms with Crippen LogP contribution >= 0.6 is 0 Å². The van der Waals surface area contributed by atoms with Crippen LogP contribution in [0.25, 0.3) is 0 Å². The zero-order valence-corrected chi connectivity index (χ0v) is 15.1. The second-order valence-electron chi connectivity index (χ2n) is 7.03. The van der Waals surface area contributed by atoms with E-state index in [0.717, 1.165) is 11.6 Å². The summed E-state index contributed by atoms with van der Waals surface area (Å²) in [6, 6.07) is 8.61. The molecule has 144 valence electrons. The Morgan fingerprint density at radius 3 is 2.32 bits per heavy atom. The number of benzene rings is 2. The molecule has 2 heterocycles.